The summed E-state index contributed by atoms with van der Waals surface area (Å²) in [7, 11) is 0. The summed E-state index contributed by atoms with van der Waals surface area (Å²) in [4.78, 5) is 0. The van der Waals surface area contributed by atoms with Crippen LogP contribution < -0.4 is 10.1 Å². The van der Waals surface area contributed by atoms with Gasteiger partial charge in [-0.1, -0.05) is 32.0 Å². The van der Waals surface area contributed by atoms with Gasteiger partial charge < -0.3 is 10.1 Å². The third-order valence-corrected chi connectivity index (χ3v) is 3.32. The van der Waals surface area contributed by atoms with E-state index >= 15 is 0 Å². The predicted molar refractivity (Wildman–Crippen MR) is 83.9 cm³/mol. The lowest BCUT2D eigenvalue weighted by Crippen LogP contribution is -2.21. The van der Waals surface area contributed by atoms with Gasteiger partial charge in [-0.05, 0) is 47.9 Å². The minimum atomic E-state index is -0.228. The summed E-state index contributed by atoms with van der Waals surface area (Å²) in [6.07, 6.45) is 0. The average Bonchev–Trinajstić information content (AvgIpc) is 2.46. The Balaban J connectivity index is 1.99. The molecule has 0 saturated carbocycles. The Morgan fingerprint density at radius 2 is 1.95 bits per heavy atom. The standard InChI is InChI=1S/C18H22FNO/c1-13(2)20-11-15-5-4-6-18(9-15)21-12-16-10-17(19)8-7-14(16)3/h4-10,13,20H,11-12H2,1-3H3. The van der Waals surface area contributed by atoms with Gasteiger partial charge in [-0.15, -0.1) is 0 Å². The molecule has 2 nitrogen and oxygen atoms in total. The van der Waals surface area contributed by atoms with Gasteiger partial charge in [0, 0.05) is 12.6 Å². The molecule has 2 aromatic carbocycles. The lowest BCUT2D eigenvalue weighted by Gasteiger charge is -2.11. The van der Waals surface area contributed by atoms with Gasteiger partial charge in [0.15, 0.2) is 0 Å². The van der Waals surface area contributed by atoms with E-state index in [1.807, 2.05) is 25.1 Å². The number of benzene rings is 2. The molecule has 0 spiro atoms. The van der Waals surface area contributed by atoms with E-state index in [9.17, 15) is 4.39 Å². The van der Waals surface area contributed by atoms with Crippen LogP contribution in [0.1, 0.15) is 30.5 Å². The maximum Gasteiger partial charge on any atom is 0.123 e. The summed E-state index contributed by atoms with van der Waals surface area (Å²) in [5.74, 6) is 0.579. The highest BCUT2D eigenvalue weighted by Crippen LogP contribution is 2.17. The molecule has 0 aliphatic heterocycles. The van der Waals surface area contributed by atoms with Crippen molar-refractivity contribution in [3.63, 3.8) is 0 Å². The van der Waals surface area contributed by atoms with Crippen molar-refractivity contribution >= 4 is 0 Å². The van der Waals surface area contributed by atoms with E-state index in [4.69, 9.17) is 4.74 Å². The Morgan fingerprint density at radius 3 is 2.71 bits per heavy atom. The molecule has 0 fully saturated rings. The first-order valence-corrected chi connectivity index (χ1v) is 7.25. The first kappa shape index (κ1) is 15.5. The SMILES string of the molecule is Cc1ccc(F)cc1COc1cccc(CNC(C)C)c1. The Morgan fingerprint density at radius 1 is 1.14 bits per heavy atom. The number of hydrogen-bond donors (Lipinski definition) is 1. The van der Waals surface area contributed by atoms with Gasteiger partial charge in [0.05, 0.1) is 0 Å². The van der Waals surface area contributed by atoms with Gasteiger partial charge in [0.1, 0.15) is 18.2 Å². The van der Waals surface area contributed by atoms with Gasteiger partial charge in [-0.25, -0.2) is 4.39 Å². The molecule has 1 N–H and O–H groups in total. The highest BCUT2D eigenvalue weighted by Gasteiger charge is 2.03. The van der Waals surface area contributed by atoms with Crippen molar-refractivity contribution in [2.75, 3.05) is 0 Å². The number of aryl methyl sites for hydroxylation is 1. The summed E-state index contributed by atoms with van der Waals surface area (Å²) in [5, 5.41) is 3.37. The van der Waals surface area contributed by atoms with Crippen LogP contribution in [0.3, 0.4) is 0 Å². The predicted octanol–water partition coefficient (Wildman–Crippen LogP) is 4.21. The molecule has 0 unspecified atom stereocenters. The average molecular weight is 287 g/mol. The second-order valence-corrected chi connectivity index (χ2v) is 5.54. The van der Waals surface area contributed by atoms with Gasteiger partial charge in [0.2, 0.25) is 0 Å². The summed E-state index contributed by atoms with van der Waals surface area (Å²) < 4.78 is 19.0. The second-order valence-electron chi connectivity index (χ2n) is 5.54. The zero-order valence-corrected chi connectivity index (χ0v) is 12.8. The van der Waals surface area contributed by atoms with Crippen LogP contribution in [0, 0.1) is 12.7 Å². The topological polar surface area (TPSA) is 21.3 Å². The highest BCUT2D eigenvalue weighted by molar-refractivity contribution is 5.30. The molecule has 0 amide bonds. The molecule has 21 heavy (non-hydrogen) atoms. The Labute approximate surface area is 126 Å². The van der Waals surface area contributed by atoms with E-state index in [-0.39, 0.29) is 5.82 Å². The molecule has 0 heterocycles. The molecular weight excluding hydrogens is 265 g/mol. The third kappa shape index (κ3) is 4.87. The molecule has 0 saturated heterocycles. The van der Waals surface area contributed by atoms with Gasteiger partial charge in [0.25, 0.3) is 0 Å². The third-order valence-electron chi connectivity index (χ3n) is 3.32. The molecule has 0 radical (unpaired) electrons. The second kappa shape index (κ2) is 7.23. The first-order chi connectivity index (χ1) is 10.0. The van der Waals surface area contributed by atoms with Crippen LogP contribution in [0.2, 0.25) is 0 Å². The smallest absolute Gasteiger partial charge is 0.123 e. The van der Waals surface area contributed by atoms with Crippen molar-refractivity contribution in [1.82, 2.24) is 5.32 Å². The van der Waals surface area contributed by atoms with Crippen LogP contribution in [0.15, 0.2) is 42.5 Å². The maximum absolute atomic E-state index is 13.2. The number of ether oxygens (including phenoxy) is 1. The summed E-state index contributed by atoms with van der Waals surface area (Å²) in [6, 6.07) is 13.2. The summed E-state index contributed by atoms with van der Waals surface area (Å²) in [5.41, 5.74) is 3.09. The molecule has 0 aliphatic rings. The first-order valence-electron chi connectivity index (χ1n) is 7.25. The van der Waals surface area contributed by atoms with Crippen LogP contribution >= 0.6 is 0 Å². The van der Waals surface area contributed by atoms with Crippen LogP contribution in [0.25, 0.3) is 0 Å². The highest BCUT2D eigenvalue weighted by atomic mass is 19.1. The van der Waals surface area contributed by atoms with Gasteiger partial charge in [-0.3, -0.25) is 0 Å². The monoisotopic (exact) mass is 287 g/mol. The van der Waals surface area contributed by atoms with E-state index in [0.29, 0.717) is 12.6 Å². The largest absolute Gasteiger partial charge is 0.489 e. The minimum Gasteiger partial charge on any atom is -0.489 e. The van der Waals surface area contributed by atoms with Crippen molar-refractivity contribution in [2.24, 2.45) is 0 Å². The maximum atomic E-state index is 13.2. The zero-order valence-electron chi connectivity index (χ0n) is 12.8. The van der Waals surface area contributed by atoms with Crippen LogP contribution in [-0.4, -0.2) is 6.04 Å². The number of hydrogen-bond acceptors (Lipinski definition) is 2. The van der Waals surface area contributed by atoms with Crippen LogP contribution in [0.5, 0.6) is 5.75 Å². The van der Waals surface area contributed by atoms with Crippen molar-refractivity contribution in [3.8, 4) is 5.75 Å². The van der Waals surface area contributed by atoms with E-state index in [1.54, 1.807) is 6.07 Å². The van der Waals surface area contributed by atoms with Crippen molar-refractivity contribution < 1.29 is 9.13 Å². The minimum absolute atomic E-state index is 0.228. The summed E-state index contributed by atoms with van der Waals surface area (Å²) >= 11 is 0. The normalized spacial score (nSPS) is 10.9. The number of nitrogens with one attached hydrogen (secondary N) is 1. The van der Waals surface area contributed by atoms with E-state index in [1.165, 1.54) is 17.7 Å². The zero-order chi connectivity index (χ0) is 15.2. The molecule has 0 atom stereocenters. The molecule has 3 heteroatoms. The number of rotatable bonds is 6. The molecule has 0 aromatic heterocycles. The van der Waals surface area contributed by atoms with E-state index < -0.39 is 0 Å². The van der Waals surface area contributed by atoms with Crippen molar-refractivity contribution in [1.29, 1.82) is 0 Å². The Hall–Kier alpha value is -1.87. The van der Waals surface area contributed by atoms with Crippen LogP contribution in [-0.2, 0) is 13.2 Å². The summed E-state index contributed by atoms with van der Waals surface area (Å²) in [6.45, 7) is 7.39. The fraction of sp³-hybridized carbons (Fsp3) is 0.333. The van der Waals surface area contributed by atoms with E-state index in [0.717, 1.165) is 23.4 Å². The lowest BCUT2D eigenvalue weighted by atomic mass is 10.1. The van der Waals surface area contributed by atoms with E-state index in [2.05, 4.69) is 25.2 Å². The van der Waals surface area contributed by atoms with Crippen molar-refractivity contribution in [2.45, 2.75) is 40.0 Å². The quantitative estimate of drug-likeness (QED) is 0.859. The lowest BCUT2D eigenvalue weighted by molar-refractivity contribution is 0.304. The number of halogens is 1. The fourth-order valence-corrected chi connectivity index (χ4v) is 2.02. The van der Waals surface area contributed by atoms with Crippen LogP contribution in [0.4, 0.5) is 4.39 Å². The van der Waals surface area contributed by atoms with Gasteiger partial charge in [-0.2, -0.15) is 0 Å². The molecule has 0 bridgehead atoms. The Bertz CT molecular complexity index is 596. The van der Waals surface area contributed by atoms with Crippen molar-refractivity contribution in [3.05, 3.63) is 65.0 Å². The molecule has 112 valence electrons. The Kier molecular flexibility index (Phi) is 5.34. The molecular formula is C18H22FNO. The molecule has 2 rings (SSSR count). The van der Waals surface area contributed by atoms with Gasteiger partial charge >= 0.3 is 0 Å². The molecule has 0 aliphatic carbocycles. The molecule has 2 aromatic rings. The fourth-order valence-electron chi connectivity index (χ4n) is 2.02.